The Labute approximate surface area is 147 Å². The normalized spacial score (nSPS) is 33.9. The van der Waals surface area contributed by atoms with Gasteiger partial charge in [-0.3, -0.25) is 0 Å². The molecule has 1 aliphatic heterocycles. The van der Waals surface area contributed by atoms with Crippen molar-refractivity contribution in [2.75, 3.05) is 32.8 Å². The molecule has 1 heterocycles. The summed E-state index contributed by atoms with van der Waals surface area (Å²) in [6, 6.07) is 2.03. The molecule has 2 fully saturated rings. The second-order valence-corrected chi connectivity index (χ2v) is 8.31. The van der Waals surface area contributed by atoms with Gasteiger partial charge in [0.25, 0.3) is 0 Å². The lowest BCUT2D eigenvalue weighted by Gasteiger charge is -2.42. The molecule has 136 valence electrons. The zero-order valence-electron chi connectivity index (χ0n) is 15.1. The molecule has 1 aliphatic carbocycles. The van der Waals surface area contributed by atoms with E-state index in [1.54, 1.807) is 0 Å². The average molecular weight is 348 g/mol. The average Bonchev–Trinajstić information content (AvgIpc) is 2.54. The van der Waals surface area contributed by atoms with Crippen LogP contribution in [0.1, 0.15) is 52.4 Å². The lowest BCUT2D eigenvalue weighted by Crippen LogP contribution is -3.12. The van der Waals surface area contributed by atoms with Crippen LogP contribution in [0.2, 0.25) is 0 Å². The van der Waals surface area contributed by atoms with Crippen LogP contribution in [0.5, 0.6) is 0 Å². The van der Waals surface area contributed by atoms with Crippen LogP contribution < -0.4 is 15.5 Å². The number of likely N-dealkylation sites (N-methyl/N-ethyl adjacent to an activating group) is 1. The molecular formula is C18H38ClN3O+2. The summed E-state index contributed by atoms with van der Waals surface area (Å²) in [7, 11) is 0. The van der Waals surface area contributed by atoms with E-state index in [9.17, 15) is 0 Å². The van der Waals surface area contributed by atoms with Crippen LogP contribution in [-0.4, -0.2) is 61.4 Å². The van der Waals surface area contributed by atoms with Gasteiger partial charge in [0.15, 0.2) is 0 Å². The summed E-state index contributed by atoms with van der Waals surface area (Å²) >= 11 is 6.37. The van der Waals surface area contributed by atoms with E-state index in [4.69, 9.17) is 16.7 Å². The van der Waals surface area contributed by atoms with Gasteiger partial charge < -0.3 is 20.6 Å². The van der Waals surface area contributed by atoms with Crippen molar-refractivity contribution in [2.45, 2.75) is 75.9 Å². The van der Waals surface area contributed by atoms with Gasteiger partial charge >= 0.3 is 0 Å². The molecule has 0 aromatic rings. The maximum absolute atomic E-state index is 9.08. The molecule has 0 bridgehead atoms. The SMILES string of the molecule is CC[NH+](CCO)CCCC(C)NC1CC[NH2+]C2CC(Cl)CCC12. The van der Waals surface area contributed by atoms with E-state index < -0.39 is 0 Å². The number of hydrogen-bond acceptors (Lipinski definition) is 2. The number of nitrogens with one attached hydrogen (secondary N) is 2. The first-order valence-corrected chi connectivity index (χ1v) is 10.3. The number of alkyl halides is 1. The maximum atomic E-state index is 9.08. The monoisotopic (exact) mass is 347 g/mol. The molecule has 0 radical (unpaired) electrons. The van der Waals surface area contributed by atoms with Crippen LogP contribution in [0.25, 0.3) is 0 Å². The summed E-state index contributed by atoms with van der Waals surface area (Å²) < 4.78 is 0. The summed E-state index contributed by atoms with van der Waals surface area (Å²) in [6.07, 6.45) is 7.46. The number of hydrogen-bond donors (Lipinski definition) is 4. The maximum Gasteiger partial charge on any atom is 0.101 e. The van der Waals surface area contributed by atoms with Gasteiger partial charge in [0.2, 0.25) is 0 Å². The highest BCUT2D eigenvalue weighted by atomic mass is 35.5. The fourth-order valence-electron chi connectivity index (χ4n) is 4.60. The summed E-state index contributed by atoms with van der Waals surface area (Å²) in [5.41, 5.74) is 0. The lowest BCUT2D eigenvalue weighted by atomic mass is 9.76. The fraction of sp³-hybridized carbons (Fsp3) is 1.00. The summed E-state index contributed by atoms with van der Waals surface area (Å²) in [5, 5.41) is 16.0. The Kier molecular flexibility index (Phi) is 8.62. The predicted octanol–water partition coefficient (Wildman–Crippen LogP) is -0.246. The van der Waals surface area contributed by atoms with Crippen molar-refractivity contribution in [3.05, 3.63) is 0 Å². The van der Waals surface area contributed by atoms with E-state index in [2.05, 4.69) is 24.5 Å². The van der Waals surface area contributed by atoms with E-state index in [0.717, 1.165) is 25.0 Å². The molecule has 1 saturated carbocycles. The van der Waals surface area contributed by atoms with Crippen molar-refractivity contribution in [3.8, 4) is 0 Å². The molecule has 0 spiro atoms. The Morgan fingerprint density at radius 1 is 1.30 bits per heavy atom. The highest BCUT2D eigenvalue weighted by Crippen LogP contribution is 2.31. The van der Waals surface area contributed by atoms with E-state index in [0.29, 0.717) is 24.1 Å². The Morgan fingerprint density at radius 2 is 2.13 bits per heavy atom. The quantitative estimate of drug-likeness (QED) is 0.435. The first-order valence-electron chi connectivity index (χ1n) is 9.81. The van der Waals surface area contributed by atoms with E-state index in [1.165, 1.54) is 56.5 Å². The largest absolute Gasteiger partial charge is 0.391 e. The van der Waals surface area contributed by atoms with Gasteiger partial charge in [0.05, 0.1) is 32.3 Å². The van der Waals surface area contributed by atoms with Crippen LogP contribution in [0.15, 0.2) is 0 Å². The van der Waals surface area contributed by atoms with Gasteiger partial charge in [-0.25, -0.2) is 0 Å². The molecular weight excluding hydrogens is 310 g/mol. The number of halogens is 1. The van der Waals surface area contributed by atoms with Crippen LogP contribution in [0.3, 0.4) is 0 Å². The first-order chi connectivity index (χ1) is 11.1. The number of piperidine rings is 1. The van der Waals surface area contributed by atoms with Crippen molar-refractivity contribution in [2.24, 2.45) is 5.92 Å². The molecule has 2 rings (SSSR count). The third-order valence-electron chi connectivity index (χ3n) is 5.99. The number of rotatable bonds is 9. The minimum absolute atomic E-state index is 0.306. The summed E-state index contributed by atoms with van der Waals surface area (Å²) in [6.45, 7) is 9.29. The van der Waals surface area contributed by atoms with Crippen LogP contribution >= 0.6 is 11.6 Å². The van der Waals surface area contributed by atoms with Crippen LogP contribution in [-0.2, 0) is 0 Å². The smallest absolute Gasteiger partial charge is 0.101 e. The van der Waals surface area contributed by atoms with Crippen LogP contribution in [0.4, 0.5) is 0 Å². The van der Waals surface area contributed by atoms with Gasteiger partial charge in [-0.2, -0.15) is 0 Å². The van der Waals surface area contributed by atoms with Crippen molar-refractivity contribution >= 4 is 11.6 Å². The first kappa shape index (κ1) is 19.5. The third kappa shape index (κ3) is 6.17. The van der Waals surface area contributed by atoms with Gasteiger partial charge in [0, 0.05) is 36.2 Å². The topological polar surface area (TPSA) is 53.3 Å². The van der Waals surface area contributed by atoms with Gasteiger partial charge in [-0.15, -0.1) is 11.6 Å². The van der Waals surface area contributed by atoms with Gasteiger partial charge in [0.1, 0.15) is 6.54 Å². The zero-order chi connectivity index (χ0) is 16.7. The third-order valence-corrected chi connectivity index (χ3v) is 6.38. The zero-order valence-corrected chi connectivity index (χ0v) is 15.8. The Bertz CT molecular complexity index is 331. The highest BCUT2D eigenvalue weighted by Gasteiger charge is 2.40. The molecule has 1 saturated heterocycles. The molecule has 0 aromatic heterocycles. The van der Waals surface area contributed by atoms with Crippen LogP contribution in [0, 0.1) is 5.92 Å². The second kappa shape index (κ2) is 10.2. The Hall–Kier alpha value is 0.130. The van der Waals surface area contributed by atoms with Crippen molar-refractivity contribution in [3.63, 3.8) is 0 Å². The molecule has 5 N–H and O–H groups in total. The van der Waals surface area contributed by atoms with Crippen molar-refractivity contribution in [1.29, 1.82) is 0 Å². The minimum Gasteiger partial charge on any atom is -0.391 e. The highest BCUT2D eigenvalue weighted by molar-refractivity contribution is 6.20. The summed E-state index contributed by atoms with van der Waals surface area (Å²) in [4.78, 5) is 1.52. The number of aliphatic hydroxyl groups is 1. The molecule has 6 atom stereocenters. The molecule has 5 heteroatoms. The molecule has 2 aliphatic rings. The number of aliphatic hydroxyl groups excluding tert-OH is 1. The van der Waals surface area contributed by atoms with Crippen molar-refractivity contribution in [1.82, 2.24) is 5.32 Å². The molecule has 23 heavy (non-hydrogen) atoms. The predicted molar refractivity (Wildman–Crippen MR) is 96.1 cm³/mol. The molecule has 0 amide bonds. The van der Waals surface area contributed by atoms with Gasteiger partial charge in [-0.05, 0) is 39.5 Å². The summed E-state index contributed by atoms with van der Waals surface area (Å²) in [5.74, 6) is 0.813. The number of fused-ring (bicyclic) bond motifs is 1. The second-order valence-electron chi connectivity index (χ2n) is 7.69. The van der Waals surface area contributed by atoms with Crippen molar-refractivity contribution < 1.29 is 15.3 Å². The Morgan fingerprint density at radius 3 is 2.87 bits per heavy atom. The lowest BCUT2D eigenvalue weighted by molar-refractivity contribution is -0.898. The number of nitrogens with two attached hydrogens (primary N) is 1. The minimum atomic E-state index is 0.306. The molecule has 6 unspecified atom stereocenters. The fourth-order valence-corrected chi connectivity index (χ4v) is 4.93. The van der Waals surface area contributed by atoms with E-state index in [1.807, 2.05) is 0 Å². The number of quaternary nitrogens is 2. The van der Waals surface area contributed by atoms with Gasteiger partial charge in [-0.1, -0.05) is 0 Å². The van der Waals surface area contributed by atoms with E-state index >= 15 is 0 Å². The Balaban J connectivity index is 1.70. The standard InChI is InChI=1S/C18H36ClN3O/c1-3-22(11-12-23)10-4-5-14(2)21-17-8-9-20-18-13-15(19)6-7-16(17)18/h14-18,20-21,23H,3-13H2,1-2H3/p+2. The van der Waals surface area contributed by atoms with E-state index in [-0.39, 0.29) is 0 Å². The molecule has 0 aromatic carbocycles. The molecule has 4 nitrogen and oxygen atoms in total.